The molecule has 0 bridgehead atoms. The highest BCUT2D eigenvalue weighted by molar-refractivity contribution is 7.92. The zero-order chi connectivity index (χ0) is 21.7. The molecule has 0 aliphatic rings. The van der Waals surface area contributed by atoms with E-state index in [0.717, 1.165) is 16.1 Å². The van der Waals surface area contributed by atoms with Crippen molar-refractivity contribution >= 4 is 21.6 Å². The fraction of sp³-hybridized carbons (Fsp3) is 0.250. The fourth-order valence-electron chi connectivity index (χ4n) is 2.68. The molecule has 0 fully saturated rings. The molecule has 0 aliphatic carbocycles. The van der Waals surface area contributed by atoms with Gasteiger partial charge in [-0.3, -0.25) is 9.10 Å². The molecule has 0 aliphatic heterocycles. The first-order chi connectivity index (χ1) is 14.3. The summed E-state index contributed by atoms with van der Waals surface area (Å²) in [7, 11) is -2.08. The van der Waals surface area contributed by atoms with Crippen LogP contribution in [-0.2, 0) is 21.4 Å². The summed E-state index contributed by atoms with van der Waals surface area (Å²) >= 11 is 0. The predicted molar refractivity (Wildman–Crippen MR) is 112 cm³/mol. The second-order valence-corrected chi connectivity index (χ2v) is 8.53. The van der Waals surface area contributed by atoms with Crippen LogP contribution in [0.15, 0.2) is 53.1 Å². The molecule has 1 amide bonds. The van der Waals surface area contributed by atoms with Gasteiger partial charge in [-0.25, -0.2) is 8.42 Å². The minimum absolute atomic E-state index is 0.0265. The lowest BCUT2D eigenvalue weighted by Crippen LogP contribution is -2.40. The quantitative estimate of drug-likeness (QED) is 0.582. The van der Waals surface area contributed by atoms with Crippen LogP contribution in [0.5, 0.6) is 5.75 Å². The molecule has 0 unspecified atom stereocenters. The standard InChI is InChI=1S/C20H22N4O5S/c1-14-7-9-16(10-8-14)24(30(3,26)27)13-18(25)21-12-19-22-20(23-29-19)15-5-4-6-17(11-15)28-2/h4-11H,12-13H2,1-3H3,(H,21,25). The Labute approximate surface area is 174 Å². The van der Waals surface area contributed by atoms with Crippen LogP contribution in [-0.4, -0.2) is 44.4 Å². The lowest BCUT2D eigenvalue weighted by atomic mass is 10.2. The van der Waals surface area contributed by atoms with E-state index in [1.54, 1.807) is 55.6 Å². The molecule has 3 aromatic rings. The number of aryl methyl sites for hydroxylation is 1. The number of amides is 1. The van der Waals surface area contributed by atoms with Gasteiger partial charge in [0.2, 0.25) is 27.6 Å². The number of hydrogen-bond donors (Lipinski definition) is 1. The van der Waals surface area contributed by atoms with E-state index < -0.39 is 15.9 Å². The third kappa shape index (κ3) is 5.35. The van der Waals surface area contributed by atoms with Crippen molar-refractivity contribution in [3.8, 4) is 17.1 Å². The number of methoxy groups -OCH3 is 1. The van der Waals surface area contributed by atoms with Gasteiger partial charge in [-0.15, -0.1) is 0 Å². The second kappa shape index (κ2) is 8.95. The number of carbonyl (C=O) groups excluding carboxylic acids is 1. The predicted octanol–water partition coefficient (Wildman–Crippen LogP) is 2.14. The van der Waals surface area contributed by atoms with Gasteiger partial charge < -0.3 is 14.6 Å². The molecule has 0 spiro atoms. The maximum atomic E-state index is 12.4. The SMILES string of the molecule is COc1cccc(-c2noc(CNC(=O)CN(c3ccc(C)cc3)S(C)(=O)=O)n2)c1. The summed E-state index contributed by atoms with van der Waals surface area (Å²) in [4.78, 5) is 16.6. The average Bonchev–Trinajstić information content (AvgIpc) is 3.20. The van der Waals surface area contributed by atoms with Gasteiger partial charge in [0.1, 0.15) is 12.3 Å². The van der Waals surface area contributed by atoms with E-state index >= 15 is 0 Å². The number of hydrogen-bond acceptors (Lipinski definition) is 7. The number of anilines is 1. The number of nitrogens with zero attached hydrogens (tertiary/aromatic N) is 3. The van der Waals surface area contributed by atoms with Crippen molar-refractivity contribution in [1.82, 2.24) is 15.5 Å². The van der Waals surface area contributed by atoms with Crippen LogP contribution < -0.4 is 14.4 Å². The molecule has 1 aromatic heterocycles. The average molecular weight is 430 g/mol. The van der Waals surface area contributed by atoms with Gasteiger partial charge in [-0.1, -0.05) is 35.0 Å². The van der Waals surface area contributed by atoms with Gasteiger partial charge in [0.15, 0.2) is 0 Å². The molecular formula is C20H22N4O5S. The molecular weight excluding hydrogens is 408 g/mol. The molecule has 10 heteroatoms. The van der Waals surface area contributed by atoms with Gasteiger partial charge >= 0.3 is 0 Å². The van der Waals surface area contributed by atoms with Crippen LogP contribution in [0, 0.1) is 6.92 Å². The van der Waals surface area contributed by atoms with Gasteiger partial charge in [0.25, 0.3) is 0 Å². The Kier molecular flexibility index (Phi) is 6.36. The number of sulfonamides is 1. The van der Waals surface area contributed by atoms with E-state index in [1.807, 2.05) is 6.92 Å². The first-order valence-corrected chi connectivity index (χ1v) is 10.9. The normalized spacial score (nSPS) is 11.2. The molecule has 2 aromatic carbocycles. The summed E-state index contributed by atoms with van der Waals surface area (Å²) in [5.74, 6) is 0.712. The minimum Gasteiger partial charge on any atom is -0.497 e. The van der Waals surface area contributed by atoms with Crippen LogP contribution in [0.2, 0.25) is 0 Å². The molecule has 9 nitrogen and oxygen atoms in total. The second-order valence-electron chi connectivity index (χ2n) is 6.63. The Bertz CT molecular complexity index is 1130. The lowest BCUT2D eigenvalue weighted by Gasteiger charge is -2.21. The first kappa shape index (κ1) is 21.3. The highest BCUT2D eigenvalue weighted by Crippen LogP contribution is 2.21. The van der Waals surface area contributed by atoms with Crippen molar-refractivity contribution in [3.05, 3.63) is 60.0 Å². The molecule has 1 N–H and O–H groups in total. The van der Waals surface area contributed by atoms with Gasteiger partial charge in [0.05, 0.1) is 25.6 Å². The third-order valence-corrected chi connectivity index (χ3v) is 5.38. The Morgan fingerprint density at radius 3 is 2.60 bits per heavy atom. The van der Waals surface area contributed by atoms with E-state index in [-0.39, 0.29) is 19.0 Å². The fourth-order valence-corrected chi connectivity index (χ4v) is 3.53. The number of carbonyl (C=O) groups is 1. The number of benzene rings is 2. The number of rotatable bonds is 8. The maximum Gasteiger partial charge on any atom is 0.246 e. The highest BCUT2D eigenvalue weighted by Gasteiger charge is 2.21. The maximum absolute atomic E-state index is 12.4. The van der Waals surface area contributed by atoms with E-state index in [2.05, 4.69) is 15.5 Å². The summed E-state index contributed by atoms with van der Waals surface area (Å²) in [6.07, 6.45) is 1.05. The number of nitrogens with one attached hydrogen (secondary N) is 1. The van der Waals surface area contributed by atoms with Gasteiger partial charge in [0, 0.05) is 5.56 Å². The molecule has 158 valence electrons. The van der Waals surface area contributed by atoms with Crippen LogP contribution >= 0.6 is 0 Å². The number of ether oxygens (including phenoxy) is 1. The zero-order valence-electron chi connectivity index (χ0n) is 16.8. The smallest absolute Gasteiger partial charge is 0.246 e. The Hall–Kier alpha value is -3.40. The molecule has 0 atom stereocenters. The van der Waals surface area contributed by atoms with Gasteiger partial charge in [-0.2, -0.15) is 4.98 Å². The van der Waals surface area contributed by atoms with E-state index in [0.29, 0.717) is 22.8 Å². The molecule has 0 radical (unpaired) electrons. The van der Waals surface area contributed by atoms with Crippen LogP contribution in [0.25, 0.3) is 11.4 Å². The summed E-state index contributed by atoms with van der Waals surface area (Å²) in [6.45, 7) is 1.51. The van der Waals surface area contributed by atoms with E-state index in [9.17, 15) is 13.2 Å². The highest BCUT2D eigenvalue weighted by atomic mass is 32.2. The molecule has 3 rings (SSSR count). The Balaban J connectivity index is 1.65. The summed E-state index contributed by atoms with van der Waals surface area (Å²) in [6, 6.07) is 14.0. The van der Waals surface area contributed by atoms with Crippen molar-refractivity contribution in [2.75, 3.05) is 24.2 Å². The van der Waals surface area contributed by atoms with Crippen LogP contribution in [0.3, 0.4) is 0 Å². The summed E-state index contributed by atoms with van der Waals surface area (Å²) < 4.78 is 35.6. The molecule has 0 saturated heterocycles. The molecule has 1 heterocycles. The zero-order valence-corrected chi connectivity index (χ0v) is 17.6. The van der Waals surface area contributed by atoms with E-state index in [4.69, 9.17) is 9.26 Å². The first-order valence-electron chi connectivity index (χ1n) is 9.04. The van der Waals surface area contributed by atoms with Gasteiger partial charge in [-0.05, 0) is 31.2 Å². The van der Waals surface area contributed by atoms with Crippen molar-refractivity contribution < 1.29 is 22.5 Å². The van der Waals surface area contributed by atoms with Crippen molar-refractivity contribution in [2.24, 2.45) is 0 Å². The summed E-state index contributed by atoms with van der Waals surface area (Å²) in [5, 5.41) is 6.50. The topological polar surface area (TPSA) is 115 Å². The van der Waals surface area contributed by atoms with Crippen LogP contribution in [0.1, 0.15) is 11.5 Å². The monoisotopic (exact) mass is 430 g/mol. The number of aromatic nitrogens is 2. The Morgan fingerprint density at radius 2 is 1.93 bits per heavy atom. The third-order valence-electron chi connectivity index (χ3n) is 4.24. The lowest BCUT2D eigenvalue weighted by molar-refractivity contribution is -0.119. The minimum atomic E-state index is -3.64. The van der Waals surface area contributed by atoms with Crippen molar-refractivity contribution in [3.63, 3.8) is 0 Å². The summed E-state index contributed by atoms with van der Waals surface area (Å²) in [5.41, 5.74) is 2.11. The largest absolute Gasteiger partial charge is 0.497 e. The van der Waals surface area contributed by atoms with Crippen molar-refractivity contribution in [2.45, 2.75) is 13.5 Å². The van der Waals surface area contributed by atoms with Crippen LogP contribution in [0.4, 0.5) is 5.69 Å². The van der Waals surface area contributed by atoms with Crippen molar-refractivity contribution in [1.29, 1.82) is 0 Å². The van der Waals surface area contributed by atoms with E-state index in [1.165, 1.54) is 0 Å². The Morgan fingerprint density at radius 1 is 1.20 bits per heavy atom. The molecule has 30 heavy (non-hydrogen) atoms. The molecule has 0 saturated carbocycles.